The fourth-order valence-electron chi connectivity index (χ4n) is 3.63. The Balaban J connectivity index is 1.52. The summed E-state index contributed by atoms with van der Waals surface area (Å²) in [5.74, 6) is -3.50. The predicted octanol–water partition coefficient (Wildman–Crippen LogP) is 2.11. The number of amides is 1. The number of carbonyl (C=O) groups excluding carboxylic acids is 2. The molecule has 0 aliphatic carbocycles. The predicted molar refractivity (Wildman–Crippen MR) is 136 cm³/mol. The molecule has 1 heterocycles. The molecule has 1 unspecified atom stereocenters. The zero-order chi connectivity index (χ0) is 28.6. The summed E-state index contributed by atoms with van der Waals surface area (Å²) in [5.41, 5.74) is 1.56. The smallest absolute Gasteiger partial charge is 0.490 e. The molecule has 1 amide bonds. The lowest BCUT2D eigenvalue weighted by atomic mass is 10.1. The third kappa shape index (κ3) is 8.51. The van der Waals surface area contributed by atoms with Crippen LogP contribution >= 0.6 is 11.3 Å². The van der Waals surface area contributed by atoms with E-state index < -0.39 is 41.7 Å². The number of halogens is 3. The largest absolute Gasteiger partial charge is 0.506 e. The molecule has 0 spiro atoms. The lowest BCUT2D eigenvalue weighted by Gasteiger charge is -2.24. The summed E-state index contributed by atoms with van der Waals surface area (Å²) in [6, 6.07) is 12.0. The number of rotatable bonds is 13. The molecule has 4 N–H and O–H groups in total. The maximum Gasteiger partial charge on any atom is 0.490 e. The lowest BCUT2D eigenvalue weighted by molar-refractivity contribution is -0.208. The van der Waals surface area contributed by atoms with Gasteiger partial charge < -0.3 is 34.9 Å². The number of esters is 1. The number of nitrogens with zero attached hydrogens (tertiary/aromatic N) is 1. The minimum Gasteiger partial charge on any atom is -0.506 e. The SMILES string of the molecule is CN(CCNC[C@H](O)c1ccc(O)c2[nH]c(=O)sc12)C(=O)C(COCCc1ccccc1)OC(=O)C(F)(F)F. The highest BCUT2D eigenvalue weighted by Crippen LogP contribution is 2.31. The molecule has 0 saturated carbocycles. The second-order valence-corrected chi connectivity index (χ2v) is 9.56. The molecule has 2 atom stereocenters. The maximum absolute atomic E-state index is 12.8. The minimum absolute atomic E-state index is 0.0120. The molecule has 0 fully saturated rings. The van der Waals surface area contributed by atoms with Crippen molar-refractivity contribution in [2.45, 2.75) is 24.8 Å². The van der Waals surface area contributed by atoms with Crippen LogP contribution in [0.2, 0.25) is 0 Å². The summed E-state index contributed by atoms with van der Waals surface area (Å²) in [7, 11) is 1.33. The first-order valence-corrected chi connectivity index (χ1v) is 12.7. The number of alkyl halides is 3. The minimum atomic E-state index is -5.27. The average molecular weight is 572 g/mol. The van der Waals surface area contributed by atoms with Crippen molar-refractivity contribution in [1.29, 1.82) is 0 Å². The number of H-pyrrole nitrogens is 1. The van der Waals surface area contributed by atoms with E-state index in [4.69, 9.17) is 4.74 Å². The van der Waals surface area contributed by atoms with Crippen LogP contribution in [0.15, 0.2) is 47.3 Å². The summed E-state index contributed by atoms with van der Waals surface area (Å²) >= 11 is 0.840. The number of phenolic OH excluding ortho intramolecular Hbond substituents is 1. The van der Waals surface area contributed by atoms with Crippen molar-refractivity contribution >= 4 is 33.4 Å². The van der Waals surface area contributed by atoms with Gasteiger partial charge in [-0.2, -0.15) is 13.2 Å². The molecule has 212 valence electrons. The molecule has 3 rings (SSSR count). The number of likely N-dealkylation sites (N-methyl/N-ethyl adjacent to an activating group) is 1. The highest BCUT2D eigenvalue weighted by Gasteiger charge is 2.43. The van der Waals surface area contributed by atoms with Gasteiger partial charge in [0, 0.05) is 32.2 Å². The number of nitrogens with one attached hydrogen (secondary N) is 2. The zero-order valence-corrected chi connectivity index (χ0v) is 21.7. The summed E-state index contributed by atoms with van der Waals surface area (Å²) in [4.78, 5) is 39.0. The number of ether oxygens (including phenoxy) is 2. The second-order valence-electron chi connectivity index (χ2n) is 8.57. The van der Waals surface area contributed by atoms with Crippen LogP contribution in [0.1, 0.15) is 17.2 Å². The summed E-state index contributed by atoms with van der Waals surface area (Å²) in [6.07, 6.45) is -7.68. The van der Waals surface area contributed by atoms with Crippen LogP contribution in [0, 0.1) is 0 Å². The summed E-state index contributed by atoms with van der Waals surface area (Å²) in [6.45, 7) is -0.291. The number of aromatic hydroxyl groups is 1. The van der Waals surface area contributed by atoms with Gasteiger partial charge in [-0.05, 0) is 18.1 Å². The van der Waals surface area contributed by atoms with E-state index in [1.165, 1.54) is 19.2 Å². The highest BCUT2D eigenvalue weighted by atomic mass is 32.1. The van der Waals surface area contributed by atoms with Gasteiger partial charge in [-0.3, -0.25) is 9.59 Å². The van der Waals surface area contributed by atoms with Gasteiger partial charge in [0.15, 0.2) is 0 Å². The first-order valence-electron chi connectivity index (χ1n) is 11.8. The monoisotopic (exact) mass is 571 g/mol. The van der Waals surface area contributed by atoms with Gasteiger partial charge in [-0.1, -0.05) is 47.7 Å². The molecule has 14 heteroatoms. The van der Waals surface area contributed by atoms with E-state index in [9.17, 15) is 37.8 Å². The maximum atomic E-state index is 12.8. The van der Waals surface area contributed by atoms with Crippen LogP contribution in [-0.4, -0.2) is 84.1 Å². The Labute approximate surface area is 225 Å². The lowest BCUT2D eigenvalue weighted by Crippen LogP contribution is -2.46. The number of aromatic nitrogens is 1. The fraction of sp³-hybridized carbons (Fsp3) is 0.400. The van der Waals surface area contributed by atoms with E-state index >= 15 is 0 Å². The van der Waals surface area contributed by atoms with Gasteiger partial charge in [0.2, 0.25) is 6.10 Å². The number of thiazole rings is 1. The molecule has 0 bridgehead atoms. The van der Waals surface area contributed by atoms with Crippen molar-refractivity contribution < 1.29 is 42.4 Å². The third-order valence-corrected chi connectivity index (χ3v) is 6.62. The molecule has 1 aromatic heterocycles. The van der Waals surface area contributed by atoms with E-state index in [-0.39, 0.29) is 37.5 Å². The highest BCUT2D eigenvalue weighted by molar-refractivity contribution is 7.16. The van der Waals surface area contributed by atoms with Crippen LogP contribution in [0.3, 0.4) is 0 Å². The van der Waals surface area contributed by atoms with Gasteiger partial charge in [-0.15, -0.1) is 0 Å². The van der Waals surface area contributed by atoms with Crippen molar-refractivity contribution in [3.05, 3.63) is 63.3 Å². The normalized spacial score (nSPS) is 13.3. The molecule has 0 radical (unpaired) electrons. The molecular weight excluding hydrogens is 543 g/mol. The number of aliphatic hydroxyl groups excluding tert-OH is 1. The second kappa shape index (κ2) is 13.6. The Morgan fingerprint density at radius 3 is 2.59 bits per heavy atom. The van der Waals surface area contributed by atoms with Crippen molar-refractivity contribution in [3.8, 4) is 5.75 Å². The van der Waals surface area contributed by atoms with Crippen LogP contribution in [-0.2, 0) is 25.5 Å². The van der Waals surface area contributed by atoms with Crippen LogP contribution in [0.25, 0.3) is 10.2 Å². The van der Waals surface area contributed by atoms with Crippen LogP contribution in [0.5, 0.6) is 5.75 Å². The number of phenols is 1. The molecule has 0 saturated heterocycles. The molecular formula is C25H28F3N3O7S. The number of aromatic amines is 1. The third-order valence-electron chi connectivity index (χ3n) is 5.69. The molecule has 39 heavy (non-hydrogen) atoms. The Morgan fingerprint density at radius 1 is 1.18 bits per heavy atom. The number of hydrogen-bond acceptors (Lipinski definition) is 9. The standard InChI is InChI=1S/C25H28F3N3O7S/c1-31(11-10-29-13-18(33)16-7-8-17(32)20-21(16)39-24(36)30-20)22(34)19(38-23(35)25(26,27)28)14-37-12-9-15-5-3-2-4-6-15/h2-8,18-19,29,32-33H,9-14H2,1H3,(H,30,36)/t18-,19?/m0/s1. The first kappa shape index (κ1) is 30.1. The van der Waals surface area contributed by atoms with Crippen molar-refractivity contribution in [3.63, 3.8) is 0 Å². The number of hydrogen-bond donors (Lipinski definition) is 4. The number of benzene rings is 2. The van der Waals surface area contributed by atoms with E-state index in [0.717, 1.165) is 21.8 Å². The van der Waals surface area contributed by atoms with E-state index in [1.54, 1.807) is 0 Å². The van der Waals surface area contributed by atoms with E-state index in [1.807, 2.05) is 30.3 Å². The van der Waals surface area contributed by atoms with Gasteiger partial charge >= 0.3 is 17.0 Å². The number of fused-ring (bicyclic) bond motifs is 1. The molecule has 2 aromatic carbocycles. The fourth-order valence-corrected chi connectivity index (χ4v) is 4.55. The van der Waals surface area contributed by atoms with Crippen molar-refractivity contribution in [2.75, 3.05) is 39.9 Å². The van der Waals surface area contributed by atoms with Crippen LogP contribution < -0.4 is 10.2 Å². The van der Waals surface area contributed by atoms with Crippen molar-refractivity contribution in [1.82, 2.24) is 15.2 Å². The Hall–Kier alpha value is -3.46. The Morgan fingerprint density at radius 2 is 1.90 bits per heavy atom. The van der Waals surface area contributed by atoms with E-state index in [2.05, 4.69) is 15.0 Å². The Bertz CT molecular complexity index is 1310. The van der Waals surface area contributed by atoms with Gasteiger partial charge in [0.25, 0.3) is 5.91 Å². The van der Waals surface area contributed by atoms with Gasteiger partial charge in [0.05, 0.1) is 24.0 Å². The van der Waals surface area contributed by atoms with Crippen molar-refractivity contribution in [2.24, 2.45) is 0 Å². The molecule has 3 aromatic rings. The summed E-state index contributed by atoms with van der Waals surface area (Å²) < 4.78 is 48.5. The topological polar surface area (TPSA) is 141 Å². The quantitative estimate of drug-likeness (QED) is 0.181. The van der Waals surface area contributed by atoms with Crippen LogP contribution in [0.4, 0.5) is 13.2 Å². The molecule has 10 nitrogen and oxygen atoms in total. The summed E-state index contributed by atoms with van der Waals surface area (Å²) in [5, 5.41) is 23.3. The molecule has 0 aliphatic rings. The average Bonchev–Trinajstić information content (AvgIpc) is 3.30. The van der Waals surface area contributed by atoms with E-state index in [0.29, 0.717) is 16.7 Å². The number of aliphatic hydroxyl groups is 1. The zero-order valence-electron chi connectivity index (χ0n) is 20.9. The number of carbonyl (C=O) groups is 2. The van der Waals surface area contributed by atoms with Gasteiger partial charge in [0.1, 0.15) is 11.3 Å². The molecule has 0 aliphatic heterocycles. The van der Waals surface area contributed by atoms with Gasteiger partial charge in [-0.25, -0.2) is 4.79 Å². The first-order chi connectivity index (χ1) is 18.5. The Kier molecular flexibility index (Phi) is 10.5.